The van der Waals surface area contributed by atoms with Crippen molar-refractivity contribution in [1.29, 1.82) is 0 Å². The zero-order valence-corrected chi connectivity index (χ0v) is 6.52. The van der Waals surface area contributed by atoms with Gasteiger partial charge in [0.15, 0.2) is 5.54 Å². The normalized spacial score (nSPS) is 20.8. The Balaban J connectivity index is 2.46. The lowest BCUT2D eigenvalue weighted by Gasteiger charge is -2.38. The molecule has 1 saturated heterocycles. The van der Waals surface area contributed by atoms with Gasteiger partial charge in [-0.05, 0) is 0 Å². The van der Waals surface area contributed by atoms with Gasteiger partial charge in [-0.1, -0.05) is 0 Å². The van der Waals surface area contributed by atoms with E-state index in [4.69, 9.17) is 5.11 Å². The van der Waals surface area contributed by atoms with Gasteiger partial charge >= 0.3 is 12.1 Å². The van der Waals surface area contributed by atoms with E-state index in [1.165, 1.54) is 0 Å². The Morgan fingerprint density at radius 2 is 2.08 bits per heavy atom. The Hall–Kier alpha value is -0.820. The second-order valence-electron chi connectivity index (χ2n) is 2.85. The van der Waals surface area contributed by atoms with Gasteiger partial charge in [-0.2, -0.15) is 13.2 Å². The molecule has 1 aliphatic heterocycles. The van der Waals surface area contributed by atoms with Crippen molar-refractivity contribution in [3.8, 4) is 0 Å². The summed E-state index contributed by atoms with van der Waals surface area (Å²) in [5, 5.41) is 10.5. The second-order valence-corrected chi connectivity index (χ2v) is 2.85. The largest absolute Gasteiger partial charge is 0.480 e. The summed E-state index contributed by atoms with van der Waals surface area (Å²) in [4.78, 5) is 10.5. The van der Waals surface area contributed by atoms with Crippen molar-refractivity contribution in [2.45, 2.75) is 11.7 Å². The number of carboxylic acids is 1. The van der Waals surface area contributed by atoms with E-state index in [0.29, 0.717) is 0 Å². The standard InChI is InChI=1S/C6H8F3NO3/c7-6(8,9)1-10-5(4(11)12)2-13-3-5/h10H,1-3H2,(H,11,12). The molecule has 0 amide bonds. The molecule has 0 saturated carbocycles. The lowest BCUT2D eigenvalue weighted by atomic mass is 9.98. The molecule has 4 nitrogen and oxygen atoms in total. The highest BCUT2D eigenvalue weighted by atomic mass is 19.4. The molecule has 1 heterocycles. The van der Waals surface area contributed by atoms with Crippen LogP contribution >= 0.6 is 0 Å². The average molecular weight is 199 g/mol. The molecule has 0 spiro atoms. The minimum Gasteiger partial charge on any atom is -0.480 e. The number of halogens is 3. The van der Waals surface area contributed by atoms with Gasteiger partial charge in [0.1, 0.15) is 0 Å². The lowest BCUT2D eigenvalue weighted by Crippen LogP contribution is -2.67. The molecule has 0 aromatic heterocycles. The average Bonchev–Trinajstić information content (AvgIpc) is 1.80. The van der Waals surface area contributed by atoms with Crippen LogP contribution in [0.15, 0.2) is 0 Å². The van der Waals surface area contributed by atoms with Crippen molar-refractivity contribution in [3.05, 3.63) is 0 Å². The molecule has 76 valence electrons. The maximum atomic E-state index is 11.7. The number of hydrogen-bond donors (Lipinski definition) is 2. The number of nitrogens with one attached hydrogen (secondary N) is 1. The van der Waals surface area contributed by atoms with E-state index in [9.17, 15) is 18.0 Å². The van der Waals surface area contributed by atoms with Crippen LogP contribution in [0.4, 0.5) is 13.2 Å². The summed E-state index contributed by atoms with van der Waals surface area (Å²) >= 11 is 0. The molecule has 0 aliphatic carbocycles. The van der Waals surface area contributed by atoms with Crippen LogP contribution in [0.1, 0.15) is 0 Å². The Morgan fingerprint density at radius 3 is 2.31 bits per heavy atom. The van der Waals surface area contributed by atoms with E-state index in [0.717, 1.165) is 0 Å². The first-order chi connectivity index (χ1) is 5.86. The van der Waals surface area contributed by atoms with Gasteiger partial charge in [0.25, 0.3) is 0 Å². The Morgan fingerprint density at radius 1 is 1.54 bits per heavy atom. The fourth-order valence-electron chi connectivity index (χ4n) is 0.877. The molecule has 1 rings (SSSR count). The smallest absolute Gasteiger partial charge is 0.401 e. The first kappa shape index (κ1) is 10.3. The maximum absolute atomic E-state index is 11.7. The lowest BCUT2D eigenvalue weighted by molar-refractivity contribution is -0.174. The van der Waals surface area contributed by atoms with Crippen LogP contribution in [0.3, 0.4) is 0 Å². The molecule has 0 aromatic rings. The number of carboxylic acid groups (broad SMARTS) is 1. The van der Waals surface area contributed by atoms with Crippen LogP contribution in [0, 0.1) is 0 Å². The van der Waals surface area contributed by atoms with Gasteiger partial charge in [-0.15, -0.1) is 0 Å². The molecule has 1 aliphatic rings. The number of hydrogen-bond acceptors (Lipinski definition) is 3. The summed E-state index contributed by atoms with van der Waals surface area (Å²) in [5.41, 5.74) is -1.55. The highest BCUT2D eigenvalue weighted by Gasteiger charge is 2.48. The van der Waals surface area contributed by atoms with Crippen molar-refractivity contribution >= 4 is 5.97 Å². The fourth-order valence-corrected chi connectivity index (χ4v) is 0.877. The summed E-state index contributed by atoms with van der Waals surface area (Å²) in [6.07, 6.45) is -4.40. The number of carbonyl (C=O) groups is 1. The molecule has 2 N–H and O–H groups in total. The van der Waals surface area contributed by atoms with Gasteiger partial charge in [0.2, 0.25) is 0 Å². The second kappa shape index (κ2) is 3.15. The van der Waals surface area contributed by atoms with Crippen molar-refractivity contribution < 1.29 is 27.8 Å². The third kappa shape index (κ3) is 2.31. The summed E-state index contributed by atoms with van der Waals surface area (Å²) in [5.74, 6) is -1.32. The van der Waals surface area contributed by atoms with Crippen LogP contribution in [0.2, 0.25) is 0 Å². The zero-order valence-electron chi connectivity index (χ0n) is 6.52. The van der Waals surface area contributed by atoms with Gasteiger partial charge in [-0.3, -0.25) is 10.1 Å². The first-order valence-electron chi connectivity index (χ1n) is 3.49. The molecule has 13 heavy (non-hydrogen) atoms. The molecule has 0 atom stereocenters. The predicted octanol–water partition coefficient (Wildman–Crippen LogP) is -0.00810. The van der Waals surface area contributed by atoms with Crippen LogP contribution < -0.4 is 5.32 Å². The molecule has 0 aromatic carbocycles. The quantitative estimate of drug-likeness (QED) is 0.671. The predicted molar refractivity (Wildman–Crippen MR) is 35.2 cm³/mol. The van der Waals surface area contributed by atoms with Crippen molar-refractivity contribution in [2.24, 2.45) is 0 Å². The van der Waals surface area contributed by atoms with Gasteiger partial charge in [0.05, 0.1) is 19.8 Å². The van der Waals surface area contributed by atoms with Crippen LogP contribution in [0.5, 0.6) is 0 Å². The number of rotatable bonds is 3. The molecule has 1 fully saturated rings. The first-order valence-corrected chi connectivity index (χ1v) is 3.49. The van der Waals surface area contributed by atoms with Gasteiger partial charge < -0.3 is 9.84 Å². The number of alkyl halides is 3. The topological polar surface area (TPSA) is 58.6 Å². The Bertz CT molecular complexity index is 212. The van der Waals surface area contributed by atoms with Crippen LogP contribution in [-0.2, 0) is 9.53 Å². The number of aliphatic carboxylic acids is 1. The third-order valence-corrected chi connectivity index (χ3v) is 1.73. The summed E-state index contributed by atoms with van der Waals surface area (Å²) in [7, 11) is 0. The van der Waals surface area contributed by atoms with Crippen LogP contribution in [-0.4, -0.2) is 42.5 Å². The van der Waals surface area contributed by atoms with Gasteiger partial charge in [0, 0.05) is 0 Å². The third-order valence-electron chi connectivity index (χ3n) is 1.73. The minimum atomic E-state index is -4.40. The molecule has 0 bridgehead atoms. The van der Waals surface area contributed by atoms with E-state index >= 15 is 0 Å². The highest BCUT2D eigenvalue weighted by Crippen LogP contribution is 2.20. The maximum Gasteiger partial charge on any atom is 0.401 e. The zero-order chi connectivity index (χ0) is 10.1. The van der Waals surface area contributed by atoms with E-state index in [1.807, 2.05) is 5.32 Å². The van der Waals surface area contributed by atoms with E-state index in [2.05, 4.69) is 4.74 Å². The van der Waals surface area contributed by atoms with Crippen molar-refractivity contribution in [1.82, 2.24) is 5.32 Å². The SMILES string of the molecule is O=C(O)C1(NCC(F)(F)F)COC1. The minimum absolute atomic E-state index is 0.224. The summed E-state index contributed by atoms with van der Waals surface area (Å²) < 4.78 is 39.7. The van der Waals surface area contributed by atoms with Crippen molar-refractivity contribution in [2.75, 3.05) is 19.8 Å². The Kier molecular flexibility index (Phi) is 2.49. The Labute approximate surface area is 71.7 Å². The molecule has 0 radical (unpaired) electrons. The highest BCUT2D eigenvalue weighted by molar-refractivity contribution is 5.80. The molecular weight excluding hydrogens is 191 g/mol. The summed E-state index contributed by atoms with van der Waals surface area (Å²) in [6.45, 7) is -1.76. The number of ether oxygens (including phenoxy) is 1. The molecule has 0 unspecified atom stereocenters. The van der Waals surface area contributed by atoms with Crippen LogP contribution in [0.25, 0.3) is 0 Å². The van der Waals surface area contributed by atoms with E-state index < -0.39 is 24.2 Å². The van der Waals surface area contributed by atoms with Crippen molar-refractivity contribution in [3.63, 3.8) is 0 Å². The summed E-state index contributed by atoms with van der Waals surface area (Å²) in [6, 6.07) is 0. The van der Waals surface area contributed by atoms with E-state index in [1.54, 1.807) is 0 Å². The van der Waals surface area contributed by atoms with Gasteiger partial charge in [-0.25, -0.2) is 0 Å². The molecule has 7 heteroatoms. The fraction of sp³-hybridized carbons (Fsp3) is 0.833. The monoisotopic (exact) mass is 199 g/mol. The molecular formula is C6H8F3NO3. The van der Waals surface area contributed by atoms with E-state index in [-0.39, 0.29) is 13.2 Å².